The number of likely N-dealkylation sites (N-methyl/N-ethyl adjacent to an activating group) is 1. The minimum absolute atomic E-state index is 0.0294. The van der Waals surface area contributed by atoms with Crippen molar-refractivity contribution in [3.63, 3.8) is 0 Å². The predicted molar refractivity (Wildman–Crippen MR) is 67.3 cm³/mol. The molecule has 6 heteroatoms. The number of likely N-dealkylation sites (tertiary alicyclic amines) is 1. The lowest BCUT2D eigenvalue weighted by molar-refractivity contribution is -0.137. The Balaban J connectivity index is 2.13. The van der Waals surface area contributed by atoms with Crippen molar-refractivity contribution in [3.05, 3.63) is 29.3 Å². The maximum atomic E-state index is 12.7. The van der Waals surface area contributed by atoms with Gasteiger partial charge in [0.2, 0.25) is 0 Å². The van der Waals surface area contributed by atoms with Crippen LogP contribution in [0, 0.1) is 11.3 Å². The summed E-state index contributed by atoms with van der Waals surface area (Å²) in [5, 5.41) is 8.83. The van der Waals surface area contributed by atoms with Crippen LogP contribution in [0.2, 0.25) is 0 Å². The molecule has 1 aliphatic heterocycles. The Morgan fingerprint density at radius 1 is 1.45 bits per heavy atom. The Morgan fingerprint density at radius 2 is 2.20 bits per heavy atom. The van der Waals surface area contributed by atoms with E-state index in [1.54, 1.807) is 6.07 Å². The Kier molecular flexibility index (Phi) is 4.19. The highest BCUT2D eigenvalue weighted by atomic mass is 19.4. The molecule has 2 rings (SSSR count). The van der Waals surface area contributed by atoms with Crippen LogP contribution >= 0.6 is 0 Å². The molecular weight excluding hydrogens is 269 g/mol. The third-order valence-electron chi connectivity index (χ3n) is 3.40. The number of ether oxygens (including phenoxy) is 1. The van der Waals surface area contributed by atoms with E-state index in [4.69, 9.17) is 10.00 Å². The Morgan fingerprint density at radius 3 is 2.75 bits per heavy atom. The summed E-state index contributed by atoms with van der Waals surface area (Å²) in [6, 6.07) is 4.92. The number of alkyl halides is 3. The molecular formula is C14H15F3N2O. The highest BCUT2D eigenvalue weighted by molar-refractivity contribution is 5.44. The van der Waals surface area contributed by atoms with Crippen molar-refractivity contribution >= 4 is 0 Å². The SMILES string of the molecule is CCN1CCC(Oc2ccc(C(F)(F)F)c(C#N)c2)C1. The fourth-order valence-electron chi connectivity index (χ4n) is 2.31. The first-order chi connectivity index (χ1) is 9.44. The zero-order valence-corrected chi connectivity index (χ0v) is 11.1. The summed E-state index contributed by atoms with van der Waals surface area (Å²) in [5.41, 5.74) is -1.32. The van der Waals surface area contributed by atoms with Crippen LogP contribution in [0.1, 0.15) is 24.5 Å². The summed E-state index contributed by atoms with van der Waals surface area (Å²) >= 11 is 0. The number of halogens is 3. The van der Waals surface area contributed by atoms with E-state index >= 15 is 0 Å². The average Bonchev–Trinajstić information content (AvgIpc) is 2.85. The first-order valence-corrected chi connectivity index (χ1v) is 6.44. The maximum Gasteiger partial charge on any atom is 0.417 e. The van der Waals surface area contributed by atoms with Crippen LogP contribution in [-0.2, 0) is 6.18 Å². The van der Waals surface area contributed by atoms with E-state index < -0.39 is 17.3 Å². The topological polar surface area (TPSA) is 36.3 Å². The summed E-state index contributed by atoms with van der Waals surface area (Å²) < 4.78 is 43.7. The summed E-state index contributed by atoms with van der Waals surface area (Å²) in [4.78, 5) is 2.21. The van der Waals surface area contributed by atoms with Gasteiger partial charge in [-0.1, -0.05) is 6.92 Å². The molecule has 1 aromatic rings. The molecule has 108 valence electrons. The lowest BCUT2D eigenvalue weighted by Crippen LogP contribution is -2.24. The minimum atomic E-state index is -4.52. The molecule has 1 saturated heterocycles. The zero-order chi connectivity index (χ0) is 14.8. The quantitative estimate of drug-likeness (QED) is 0.856. The number of hydrogen-bond donors (Lipinski definition) is 0. The molecule has 1 aliphatic rings. The first-order valence-electron chi connectivity index (χ1n) is 6.44. The number of nitrogens with zero attached hydrogens (tertiary/aromatic N) is 2. The molecule has 0 radical (unpaired) electrons. The Bertz CT molecular complexity index is 522. The van der Waals surface area contributed by atoms with E-state index in [2.05, 4.69) is 4.90 Å². The van der Waals surface area contributed by atoms with Gasteiger partial charge in [0, 0.05) is 13.1 Å². The zero-order valence-electron chi connectivity index (χ0n) is 11.1. The molecule has 0 spiro atoms. The molecule has 1 heterocycles. The molecule has 0 N–H and O–H groups in total. The van der Waals surface area contributed by atoms with Gasteiger partial charge in [0.25, 0.3) is 0 Å². The molecule has 1 aromatic carbocycles. The van der Waals surface area contributed by atoms with Gasteiger partial charge in [-0.05, 0) is 31.2 Å². The third-order valence-corrected chi connectivity index (χ3v) is 3.40. The van der Waals surface area contributed by atoms with Gasteiger partial charge in [-0.3, -0.25) is 4.90 Å². The van der Waals surface area contributed by atoms with Crippen LogP contribution in [0.4, 0.5) is 13.2 Å². The second kappa shape index (κ2) is 5.71. The lowest BCUT2D eigenvalue weighted by Gasteiger charge is -2.16. The van der Waals surface area contributed by atoms with Crippen molar-refractivity contribution in [1.29, 1.82) is 5.26 Å². The summed E-state index contributed by atoms with van der Waals surface area (Å²) in [6.07, 6.45) is -3.70. The number of hydrogen-bond acceptors (Lipinski definition) is 3. The fourth-order valence-corrected chi connectivity index (χ4v) is 2.31. The van der Waals surface area contributed by atoms with E-state index in [1.807, 2.05) is 6.92 Å². The van der Waals surface area contributed by atoms with Gasteiger partial charge in [0.05, 0.1) is 17.2 Å². The monoisotopic (exact) mass is 284 g/mol. The van der Waals surface area contributed by atoms with Crippen LogP contribution in [0.3, 0.4) is 0 Å². The molecule has 1 fully saturated rings. The summed E-state index contributed by atoms with van der Waals surface area (Å²) in [6.45, 7) is 4.66. The molecule has 1 unspecified atom stereocenters. The molecule has 3 nitrogen and oxygen atoms in total. The van der Waals surface area contributed by atoms with Crippen molar-refractivity contribution in [2.45, 2.75) is 25.6 Å². The second-order valence-corrected chi connectivity index (χ2v) is 4.74. The average molecular weight is 284 g/mol. The largest absolute Gasteiger partial charge is 0.489 e. The summed E-state index contributed by atoms with van der Waals surface area (Å²) in [7, 11) is 0. The number of rotatable bonds is 3. The fraction of sp³-hybridized carbons (Fsp3) is 0.500. The van der Waals surface area contributed by atoms with Crippen molar-refractivity contribution in [3.8, 4) is 11.8 Å². The Labute approximate surface area is 115 Å². The maximum absolute atomic E-state index is 12.7. The van der Waals surface area contributed by atoms with E-state index in [9.17, 15) is 13.2 Å². The molecule has 0 aromatic heterocycles. The molecule has 0 bridgehead atoms. The van der Waals surface area contributed by atoms with Crippen LogP contribution in [0.5, 0.6) is 5.75 Å². The van der Waals surface area contributed by atoms with Crippen LogP contribution in [0.25, 0.3) is 0 Å². The highest BCUT2D eigenvalue weighted by Crippen LogP contribution is 2.33. The lowest BCUT2D eigenvalue weighted by atomic mass is 10.1. The van der Waals surface area contributed by atoms with Crippen molar-refractivity contribution in [2.24, 2.45) is 0 Å². The first kappa shape index (κ1) is 14.7. The highest BCUT2D eigenvalue weighted by Gasteiger charge is 2.34. The normalized spacial score (nSPS) is 19.9. The predicted octanol–water partition coefficient (Wildman–Crippen LogP) is 3.05. The summed E-state index contributed by atoms with van der Waals surface area (Å²) in [5.74, 6) is 0.317. The van der Waals surface area contributed by atoms with Gasteiger partial charge in [-0.2, -0.15) is 18.4 Å². The van der Waals surface area contributed by atoms with Gasteiger partial charge >= 0.3 is 6.18 Å². The van der Waals surface area contributed by atoms with Crippen LogP contribution in [0.15, 0.2) is 18.2 Å². The third kappa shape index (κ3) is 3.23. The molecule has 20 heavy (non-hydrogen) atoms. The molecule has 1 atom stereocenters. The van der Waals surface area contributed by atoms with Gasteiger partial charge in [-0.25, -0.2) is 0 Å². The van der Waals surface area contributed by atoms with E-state index in [1.165, 1.54) is 6.07 Å². The van der Waals surface area contributed by atoms with Gasteiger partial charge in [-0.15, -0.1) is 0 Å². The number of nitriles is 1. The molecule has 0 amide bonds. The Hall–Kier alpha value is -1.74. The smallest absolute Gasteiger partial charge is 0.417 e. The minimum Gasteiger partial charge on any atom is -0.489 e. The van der Waals surface area contributed by atoms with E-state index in [0.717, 1.165) is 38.2 Å². The van der Waals surface area contributed by atoms with Crippen molar-refractivity contribution in [2.75, 3.05) is 19.6 Å². The van der Waals surface area contributed by atoms with Gasteiger partial charge < -0.3 is 4.74 Å². The van der Waals surface area contributed by atoms with Gasteiger partial charge in [0.1, 0.15) is 11.9 Å². The van der Waals surface area contributed by atoms with Crippen molar-refractivity contribution < 1.29 is 17.9 Å². The second-order valence-electron chi connectivity index (χ2n) is 4.74. The molecule has 0 saturated carbocycles. The van der Waals surface area contributed by atoms with E-state index in [0.29, 0.717) is 5.75 Å². The van der Waals surface area contributed by atoms with Crippen LogP contribution in [-0.4, -0.2) is 30.6 Å². The van der Waals surface area contributed by atoms with E-state index in [-0.39, 0.29) is 6.10 Å². The van der Waals surface area contributed by atoms with Crippen molar-refractivity contribution in [1.82, 2.24) is 4.90 Å². The van der Waals surface area contributed by atoms with Crippen LogP contribution < -0.4 is 4.74 Å². The standard InChI is InChI=1S/C14H15F3N2O/c1-2-19-6-5-12(9-19)20-11-3-4-13(14(15,16)17)10(7-11)8-18/h3-4,7,12H,2,5-6,9H2,1H3. The van der Waals surface area contributed by atoms with Gasteiger partial charge in [0.15, 0.2) is 0 Å². The number of benzene rings is 1. The molecule has 0 aliphatic carbocycles.